The molecule has 0 atom stereocenters. The minimum Gasteiger partial charge on any atom is -0.369 e. The molecule has 2 rings (SSSR count). The molecule has 1 aromatic heterocycles. The van der Waals surface area contributed by atoms with E-state index in [9.17, 15) is 0 Å². The van der Waals surface area contributed by atoms with E-state index in [4.69, 9.17) is 5.73 Å². The van der Waals surface area contributed by atoms with Gasteiger partial charge in [0.05, 0.1) is 11.9 Å². The number of hydrogen-bond donors (Lipinski definition) is 1. The van der Waals surface area contributed by atoms with E-state index in [1.807, 2.05) is 10.8 Å². The Kier molecular flexibility index (Phi) is 2.92. The summed E-state index contributed by atoms with van der Waals surface area (Å²) >= 11 is 0. The van der Waals surface area contributed by atoms with E-state index >= 15 is 0 Å². The molecule has 2 N–H and O–H groups in total. The first-order valence-corrected chi connectivity index (χ1v) is 5.93. The fourth-order valence-electron chi connectivity index (χ4n) is 2.51. The van der Waals surface area contributed by atoms with Crippen molar-refractivity contribution in [2.75, 3.05) is 5.73 Å². The van der Waals surface area contributed by atoms with E-state index in [2.05, 4.69) is 44.8 Å². The van der Waals surface area contributed by atoms with Gasteiger partial charge < -0.3 is 10.3 Å². The third-order valence-corrected chi connectivity index (χ3v) is 3.14. The lowest BCUT2D eigenvalue weighted by Gasteiger charge is -2.13. The molecular weight excluding hydrogens is 210 g/mol. The molecule has 0 saturated carbocycles. The summed E-state index contributed by atoms with van der Waals surface area (Å²) in [7, 11) is 0. The number of imidazole rings is 1. The fraction of sp³-hybridized carbons (Fsp3) is 0.357. The van der Waals surface area contributed by atoms with E-state index in [1.54, 1.807) is 0 Å². The van der Waals surface area contributed by atoms with Crippen molar-refractivity contribution in [3.05, 3.63) is 35.0 Å². The maximum absolute atomic E-state index is 5.87. The van der Waals surface area contributed by atoms with Crippen LogP contribution in [0.25, 0.3) is 11.3 Å². The van der Waals surface area contributed by atoms with Gasteiger partial charge in [-0.2, -0.15) is 0 Å². The molecule has 2 aromatic rings. The van der Waals surface area contributed by atoms with Gasteiger partial charge in [0.15, 0.2) is 0 Å². The number of aryl methyl sites for hydroxylation is 3. The summed E-state index contributed by atoms with van der Waals surface area (Å²) in [6.45, 7) is 9.32. The van der Waals surface area contributed by atoms with Crippen molar-refractivity contribution >= 4 is 5.95 Å². The first-order valence-electron chi connectivity index (χ1n) is 5.93. The Labute approximate surface area is 102 Å². The van der Waals surface area contributed by atoms with Gasteiger partial charge in [-0.1, -0.05) is 17.7 Å². The molecule has 1 aromatic carbocycles. The van der Waals surface area contributed by atoms with Crippen molar-refractivity contribution in [1.29, 1.82) is 0 Å². The van der Waals surface area contributed by atoms with Crippen LogP contribution in [-0.2, 0) is 6.54 Å². The zero-order valence-electron chi connectivity index (χ0n) is 10.9. The molecular formula is C14H19N3. The molecule has 0 spiro atoms. The fourth-order valence-corrected chi connectivity index (χ4v) is 2.51. The van der Waals surface area contributed by atoms with Gasteiger partial charge in [0, 0.05) is 12.1 Å². The minimum absolute atomic E-state index is 0.585. The lowest BCUT2D eigenvalue weighted by Crippen LogP contribution is -2.04. The van der Waals surface area contributed by atoms with E-state index in [1.165, 1.54) is 22.3 Å². The summed E-state index contributed by atoms with van der Waals surface area (Å²) in [6, 6.07) is 4.40. The van der Waals surface area contributed by atoms with Gasteiger partial charge >= 0.3 is 0 Å². The summed E-state index contributed by atoms with van der Waals surface area (Å²) in [4.78, 5) is 4.21. The monoisotopic (exact) mass is 229 g/mol. The average molecular weight is 229 g/mol. The van der Waals surface area contributed by atoms with Gasteiger partial charge in [0.25, 0.3) is 0 Å². The normalized spacial score (nSPS) is 10.8. The second-order valence-electron chi connectivity index (χ2n) is 4.52. The second kappa shape index (κ2) is 4.24. The Morgan fingerprint density at radius 1 is 1.18 bits per heavy atom. The first kappa shape index (κ1) is 11.7. The highest BCUT2D eigenvalue weighted by molar-refractivity contribution is 5.69. The Hall–Kier alpha value is -1.77. The van der Waals surface area contributed by atoms with Crippen LogP contribution in [0.2, 0.25) is 0 Å². The zero-order chi connectivity index (χ0) is 12.6. The van der Waals surface area contributed by atoms with Crippen LogP contribution in [0.5, 0.6) is 0 Å². The van der Waals surface area contributed by atoms with Gasteiger partial charge in [-0.25, -0.2) is 4.98 Å². The van der Waals surface area contributed by atoms with Crippen molar-refractivity contribution in [1.82, 2.24) is 9.55 Å². The number of aromatic nitrogens is 2. The lowest BCUT2D eigenvalue weighted by atomic mass is 9.97. The predicted octanol–water partition coefficient (Wildman–Crippen LogP) is 3.08. The van der Waals surface area contributed by atoms with Crippen LogP contribution in [0.1, 0.15) is 23.6 Å². The standard InChI is InChI=1S/C14H19N3/c1-5-17-12(8-16-14(17)15)13-10(3)6-9(2)7-11(13)4/h6-8H,5H2,1-4H3,(H2,15,16). The highest BCUT2D eigenvalue weighted by Gasteiger charge is 2.12. The summed E-state index contributed by atoms with van der Waals surface area (Å²) < 4.78 is 2.05. The largest absolute Gasteiger partial charge is 0.369 e. The van der Waals surface area contributed by atoms with Crippen molar-refractivity contribution in [2.45, 2.75) is 34.2 Å². The maximum atomic E-state index is 5.87. The third-order valence-electron chi connectivity index (χ3n) is 3.14. The van der Waals surface area contributed by atoms with Gasteiger partial charge in [0.2, 0.25) is 5.95 Å². The highest BCUT2D eigenvalue weighted by atomic mass is 15.1. The number of hydrogen-bond acceptors (Lipinski definition) is 2. The molecule has 17 heavy (non-hydrogen) atoms. The second-order valence-corrected chi connectivity index (χ2v) is 4.52. The molecule has 0 aliphatic heterocycles. The first-order chi connectivity index (χ1) is 8.04. The van der Waals surface area contributed by atoms with Gasteiger partial charge in [-0.3, -0.25) is 0 Å². The molecule has 1 heterocycles. The molecule has 0 saturated heterocycles. The molecule has 0 unspecified atom stereocenters. The number of nitrogen functional groups attached to an aromatic ring is 1. The summed E-state index contributed by atoms with van der Waals surface area (Å²) in [6.07, 6.45) is 1.86. The topological polar surface area (TPSA) is 43.8 Å². The van der Waals surface area contributed by atoms with Crippen LogP contribution in [0.3, 0.4) is 0 Å². The van der Waals surface area contributed by atoms with Crippen LogP contribution in [0.4, 0.5) is 5.95 Å². The molecule has 3 heteroatoms. The summed E-state index contributed by atoms with van der Waals surface area (Å²) in [5.74, 6) is 0.585. The van der Waals surface area contributed by atoms with Crippen LogP contribution in [-0.4, -0.2) is 9.55 Å². The molecule has 3 nitrogen and oxygen atoms in total. The number of benzene rings is 1. The van der Waals surface area contributed by atoms with Gasteiger partial charge in [-0.05, 0) is 38.8 Å². The molecule has 0 bridgehead atoms. The van der Waals surface area contributed by atoms with Crippen LogP contribution >= 0.6 is 0 Å². The molecule has 90 valence electrons. The van der Waals surface area contributed by atoms with Crippen molar-refractivity contribution < 1.29 is 0 Å². The Balaban J connectivity index is 2.68. The van der Waals surface area contributed by atoms with E-state index in [0.29, 0.717) is 5.95 Å². The quantitative estimate of drug-likeness (QED) is 0.860. The van der Waals surface area contributed by atoms with Crippen LogP contribution in [0.15, 0.2) is 18.3 Å². The highest BCUT2D eigenvalue weighted by Crippen LogP contribution is 2.29. The van der Waals surface area contributed by atoms with Crippen molar-refractivity contribution in [2.24, 2.45) is 0 Å². The van der Waals surface area contributed by atoms with Gasteiger partial charge in [0.1, 0.15) is 0 Å². The predicted molar refractivity (Wildman–Crippen MR) is 72.0 cm³/mol. The lowest BCUT2D eigenvalue weighted by molar-refractivity contribution is 0.780. The Morgan fingerprint density at radius 2 is 1.76 bits per heavy atom. The number of anilines is 1. The maximum Gasteiger partial charge on any atom is 0.200 e. The third kappa shape index (κ3) is 1.93. The van der Waals surface area contributed by atoms with E-state index in [-0.39, 0.29) is 0 Å². The molecule has 0 fully saturated rings. The Morgan fingerprint density at radius 3 is 2.29 bits per heavy atom. The van der Waals surface area contributed by atoms with E-state index in [0.717, 1.165) is 12.2 Å². The van der Waals surface area contributed by atoms with E-state index < -0.39 is 0 Å². The van der Waals surface area contributed by atoms with Crippen LogP contribution < -0.4 is 5.73 Å². The number of nitrogens with two attached hydrogens (primary N) is 1. The van der Waals surface area contributed by atoms with Crippen molar-refractivity contribution in [3.63, 3.8) is 0 Å². The molecule has 0 aliphatic rings. The number of nitrogens with zero attached hydrogens (tertiary/aromatic N) is 2. The Bertz CT molecular complexity index is 530. The molecule has 0 aliphatic carbocycles. The number of rotatable bonds is 2. The SMILES string of the molecule is CCn1c(-c2c(C)cc(C)cc2C)cnc1N. The average Bonchev–Trinajstić information content (AvgIpc) is 2.58. The molecule has 0 amide bonds. The minimum atomic E-state index is 0.585. The summed E-state index contributed by atoms with van der Waals surface area (Å²) in [5, 5.41) is 0. The van der Waals surface area contributed by atoms with Crippen LogP contribution in [0, 0.1) is 20.8 Å². The van der Waals surface area contributed by atoms with Crippen molar-refractivity contribution in [3.8, 4) is 11.3 Å². The van der Waals surface area contributed by atoms with Gasteiger partial charge in [-0.15, -0.1) is 0 Å². The molecule has 0 radical (unpaired) electrons. The smallest absolute Gasteiger partial charge is 0.200 e. The summed E-state index contributed by atoms with van der Waals surface area (Å²) in [5.41, 5.74) is 12.1. The zero-order valence-corrected chi connectivity index (χ0v) is 10.9.